The summed E-state index contributed by atoms with van der Waals surface area (Å²) in [4.78, 5) is 4.24. The van der Waals surface area contributed by atoms with Gasteiger partial charge in [0, 0.05) is 6.20 Å². The normalized spacial score (nSPS) is 11.5. The third-order valence-electron chi connectivity index (χ3n) is 1.96. The lowest BCUT2D eigenvalue weighted by atomic mass is 10.2. The average Bonchev–Trinajstić information content (AvgIpc) is 2.65. The van der Waals surface area contributed by atoms with Crippen molar-refractivity contribution in [3.63, 3.8) is 0 Å². The van der Waals surface area contributed by atoms with E-state index in [2.05, 4.69) is 15.2 Å². The standard InChI is InChI=1S/C10H12N4/c11-4-2-1-3-8-5-9-10(12-6-8)7-13-14-9/h1,3,5-7H,2,4,11H2,(H,13,14). The predicted octanol–water partition coefficient (Wildman–Crippen LogP) is 1.32. The molecule has 72 valence electrons. The van der Waals surface area contributed by atoms with Gasteiger partial charge in [0.15, 0.2) is 0 Å². The molecule has 4 nitrogen and oxygen atoms in total. The minimum absolute atomic E-state index is 0.677. The summed E-state index contributed by atoms with van der Waals surface area (Å²) in [5, 5.41) is 6.79. The van der Waals surface area contributed by atoms with Gasteiger partial charge in [0.05, 0.1) is 11.7 Å². The molecule has 0 aliphatic heterocycles. The number of hydrogen-bond acceptors (Lipinski definition) is 3. The molecule has 2 rings (SSSR count). The molecule has 4 heteroatoms. The third-order valence-corrected chi connectivity index (χ3v) is 1.96. The van der Waals surface area contributed by atoms with Gasteiger partial charge in [0.1, 0.15) is 5.52 Å². The molecule has 0 aromatic carbocycles. The van der Waals surface area contributed by atoms with Crippen LogP contribution in [0.3, 0.4) is 0 Å². The van der Waals surface area contributed by atoms with Gasteiger partial charge in [0.2, 0.25) is 0 Å². The number of pyridine rings is 1. The minimum Gasteiger partial charge on any atom is -0.330 e. The number of nitrogens with two attached hydrogens (primary N) is 1. The molecule has 0 spiro atoms. The highest BCUT2D eigenvalue weighted by Gasteiger charge is 1.95. The Labute approximate surface area is 81.8 Å². The molecule has 0 aliphatic rings. The Morgan fingerprint density at radius 1 is 1.43 bits per heavy atom. The van der Waals surface area contributed by atoms with Gasteiger partial charge in [0.25, 0.3) is 0 Å². The Balaban J connectivity index is 2.25. The Kier molecular flexibility index (Phi) is 2.55. The highest BCUT2D eigenvalue weighted by atomic mass is 15.1. The lowest BCUT2D eigenvalue weighted by Crippen LogP contribution is -1.94. The fourth-order valence-corrected chi connectivity index (χ4v) is 1.25. The van der Waals surface area contributed by atoms with E-state index >= 15 is 0 Å². The first-order valence-electron chi connectivity index (χ1n) is 4.56. The molecule has 0 atom stereocenters. The summed E-state index contributed by atoms with van der Waals surface area (Å²) in [7, 11) is 0. The summed E-state index contributed by atoms with van der Waals surface area (Å²) in [6.45, 7) is 0.677. The van der Waals surface area contributed by atoms with Crippen LogP contribution < -0.4 is 5.73 Å². The van der Waals surface area contributed by atoms with Gasteiger partial charge in [-0.25, -0.2) is 0 Å². The maximum Gasteiger partial charge on any atom is 0.108 e. The van der Waals surface area contributed by atoms with Gasteiger partial charge < -0.3 is 5.73 Å². The second-order valence-electron chi connectivity index (χ2n) is 3.05. The largest absolute Gasteiger partial charge is 0.330 e. The maximum absolute atomic E-state index is 5.38. The lowest BCUT2D eigenvalue weighted by molar-refractivity contribution is 1.01. The van der Waals surface area contributed by atoms with E-state index in [-0.39, 0.29) is 0 Å². The van der Waals surface area contributed by atoms with E-state index in [0.717, 1.165) is 23.0 Å². The van der Waals surface area contributed by atoms with Crippen LogP contribution in [0, 0.1) is 0 Å². The van der Waals surface area contributed by atoms with Crippen molar-refractivity contribution >= 4 is 17.1 Å². The third kappa shape index (κ3) is 1.80. The van der Waals surface area contributed by atoms with Gasteiger partial charge in [-0.3, -0.25) is 10.1 Å². The van der Waals surface area contributed by atoms with Crippen LogP contribution in [-0.4, -0.2) is 21.7 Å². The van der Waals surface area contributed by atoms with Crippen molar-refractivity contribution in [2.24, 2.45) is 5.73 Å². The van der Waals surface area contributed by atoms with Crippen molar-refractivity contribution in [3.05, 3.63) is 30.1 Å². The van der Waals surface area contributed by atoms with E-state index in [0.29, 0.717) is 6.54 Å². The maximum atomic E-state index is 5.38. The summed E-state index contributed by atoms with van der Waals surface area (Å²) < 4.78 is 0. The zero-order valence-corrected chi connectivity index (χ0v) is 7.77. The SMILES string of the molecule is NCCC=Cc1cnc2cn[nH]c2c1. The number of rotatable bonds is 3. The van der Waals surface area contributed by atoms with Crippen LogP contribution in [0.5, 0.6) is 0 Å². The first-order chi connectivity index (χ1) is 6.90. The number of nitrogens with one attached hydrogen (secondary N) is 1. The first kappa shape index (κ1) is 8.90. The molecular formula is C10H12N4. The van der Waals surface area contributed by atoms with Crippen molar-refractivity contribution < 1.29 is 0 Å². The Hall–Kier alpha value is -1.68. The first-order valence-corrected chi connectivity index (χ1v) is 4.56. The van der Waals surface area contributed by atoms with Crippen molar-refractivity contribution in [1.82, 2.24) is 15.2 Å². The predicted molar refractivity (Wildman–Crippen MR) is 56.6 cm³/mol. The molecule has 0 radical (unpaired) electrons. The van der Waals surface area contributed by atoms with Crippen LogP contribution in [0.2, 0.25) is 0 Å². The number of nitrogens with zero attached hydrogens (tertiary/aromatic N) is 2. The Bertz CT molecular complexity index is 444. The molecule has 3 N–H and O–H groups in total. The summed E-state index contributed by atoms with van der Waals surface area (Å²) in [5.41, 5.74) is 8.30. The summed E-state index contributed by atoms with van der Waals surface area (Å²) in [6.07, 6.45) is 8.48. The van der Waals surface area contributed by atoms with Crippen LogP contribution in [0.4, 0.5) is 0 Å². The molecule has 2 aromatic heterocycles. The topological polar surface area (TPSA) is 67.6 Å². The molecule has 14 heavy (non-hydrogen) atoms. The zero-order chi connectivity index (χ0) is 9.80. The van der Waals surface area contributed by atoms with Crippen molar-refractivity contribution in [2.45, 2.75) is 6.42 Å². The van der Waals surface area contributed by atoms with E-state index < -0.39 is 0 Å². The van der Waals surface area contributed by atoms with E-state index in [1.807, 2.05) is 24.4 Å². The van der Waals surface area contributed by atoms with Crippen molar-refractivity contribution in [1.29, 1.82) is 0 Å². The molecule has 0 bridgehead atoms. The van der Waals surface area contributed by atoms with E-state index in [1.165, 1.54) is 0 Å². The van der Waals surface area contributed by atoms with Gasteiger partial charge in [-0.05, 0) is 24.6 Å². The lowest BCUT2D eigenvalue weighted by Gasteiger charge is -1.92. The van der Waals surface area contributed by atoms with Gasteiger partial charge >= 0.3 is 0 Å². The molecule has 0 aliphatic carbocycles. The summed E-state index contributed by atoms with van der Waals surface area (Å²) in [5.74, 6) is 0. The quantitative estimate of drug-likeness (QED) is 0.763. The van der Waals surface area contributed by atoms with Crippen LogP contribution in [-0.2, 0) is 0 Å². The molecule has 0 fully saturated rings. The second-order valence-corrected chi connectivity index (χ2v) is 3.05. The van der Waals surface area contributed by atoms with Crippen molar-refractivity contribution in [3.8, 4) is 0 Å². The molecular weight excluding hydrogens is 176 g/mol. The number of hydrogen-bond donors (Lipinski definition) is 2. The molecule has 2 aromatic rings. The van der Waals surface area contributed by atoms with Gasteiger partial charge in [-0.1, -0.05) is 12.2 Å². The second kappa shape index (κ2) is 4.02. The fraction of sp³-hybridized carbons (Fsp3) is 0.200. The van der Waals surface area contributed by atoms with E-state index in [4.69, 9.17) is 5.73 Å². The Morgan fingerprint density at radius 2 is 2.36 bits per heavy atom. The zero-order valence-electron chi connectivity index (χ0n) is 7.77. The molecule has 2 heterocycles. The summed E-state index contributed by atoms with van der Waals surface area (Å²) in [6, 6.07) is 2.02. The van der Waals surface area contributed by atoms with E-state index in [1.54, 1.807) is 6.20 Å². The molecule has 0 saturated carbocycles. The molecule has 0 saturated heterocycles. The minimum atomic E-state index is 0.677. The smallest absolute Gasteiger partial charge is 0.108 e. The number of aromatic amines is 1. The van der Waals surface area contributed by atoms with Gasteiger partial charge in [-0.15, -0.1) is 0 Å². The molecule has 0 amide bonds. The average molecular weight is 188 g/mol. The van der Waals surface area contributed by atoms with Gasteiger partial charge in [-0.2, -0.15) is 5.10 Å². The van der Waals surface area contributed by atoms with Crippen LogP contribution in [0.25, 0.3) is 17.1 Å². The monoisotopic (exact) mass is 188 g/mol. The number of fused-ring (bicyclic) bond motifs is 1. The van der Waals surface area contributed by atoms with Crippen LogP contribution in [0.15, 0.2) is 24.5 Å². The number of H-pyrrole nitrogens is 1. The van der Waals surface area contributed by atoms with E-state index in [9.17, 15) is 0 Å². The molecule has 0 unspecified atom stereocenters. The highest BCUT2D eigenvalue weighted by Crippen LogP contribution is 2.10. The Morgan fingerprint density at radius 3 is 3.21 bits per heavy atom. The highest BCUT2D eigenvalue weighted by molar-refractivity contribution is 5.75. The fourth-order valence-electron chi connectivity index (χ4n) is 1.25. The van der Waals surface area contributed by atoms with Crippen LogP contribution in [0.1, 0.15) is 12.0 Å². The number of aromatic nitrogens is 3. The summed E-state index contributed by atoms with van der Waals surface area (Å²) >= 11 is 0. The van der Waals surface area contributed by atoms with Crippen LogP contribution >= 0.6 is 0 Å². The van der Waals surface area contributed by atoms with Crippen molar-refractivity contribution in [2.75, 3.05) is 6.54 Å².